The van der Waals surface area contributed by atoms with E-state index in [2.05, 4.69) is 10.4 Å². The third-order valence-electron chi connectivity index (χ3n) is 5.74. The van der Waals surface area contributed by atoms with Gasteiger partial charge in [-0.1, -0.05) is 0 Å². The molecule has 0 bridgehead atoms. The van der Waals surface area contributed by atoms with Crippen LogP contribution in [0.25, 0.3) is 0 Å². The number of rotatable bonds is 3. The summed E-state index contributed by atoms with van der Waals surface area (Å²) in [5.74, 6) is 0.383. The molecule has 4 atom stereocenters. The van der Waals surface area contributed by atoms with Gasteiger partial charge < -0.3 is 15.0 Å². The number of nitrogens with zero attached hydrogens (tertiary/aromatic N) is 3. The molecule has 4 heterocycles. The lowest BCUT2D eigenvalue weighted by molar-refractivity contribution is -0.173. The number of nitrogens with one attached hydrogen (secondary N) is 1. The van der Waals surface area contributed by atoms with Crippen molar-refractivity contribution in [1.82, 2.24) is 14.7 Å². The molecule has 0 spiro atoms. The fourth-order valence-electron chi connectivity index (χ4n) is 4.43. The summed E-state index contributed by atoms with van der Waals surface area (Å²) in [6.45, 7) is 3.05. The molecule has 150 valence electrons. The van der Waals surface area contributed by atoms with Crippen molar-refractivity contribution in [3.63, 3.8) is 0 Å². The van der Waals surface area contributed by atoms with Crippen molar-refractivity contribution in [3.05, 3.63) is 11.8 Å². The molecule has 3 aliphatic heterocycles. The largest absolute Gasteiger partial charge is 0.410 e. The highest BCUT2D eigenvalue weighted by atomic mass is 19.4. The Balaban J connectivity index is 1.55. The standard InChI is InChI=1S/C18H25F3N4O2/c1-11-8-15(18(19,20)21)25-16(22-11)10-13(23-25)14-5-2-6-24(14)17(26)9-12-4-3-7-27-12/h10-12,14-15,22H,2-9H2,1H3/t11-,12?,14?,15-/m1/s1. The van der Waals surface area contributed by atoms with E-state index in [-0.39, 0.29) is 30.5 Å². The number of anilines is 1. The van der Waals surface area contributed by atoms with Crippen molar-refractivity contribution in [2.75, 3.05) is 18.5 Å². The Bertz CT molecular complexity index is 699. The quantitative estimate of drug-likeness (QED) is 0.865. The maximum atomic E-state index is 13.4. The van der Waals surface area contributed by atoms with E-state index in [4.69, 9.17) is 4.74 Å². The maximum Gasteiger partial charge on any atom is 0.410 e. The topological polar surface area (TPSA) is 59.4 Å². The Labute approximate surface area is 156 Å². The summed E-state index contributed by atoms with van der Waals surface area (Å²) in [7, 11) is 0. The molecule has 0 saturated carbocycles. The summed E-state index contributed by atoms with van der Waals surface area (Å²) in [6, 6.07) is -0.496. The fourth-order valence-corrected chi connectivity index (χ4v) is 4.43. The second-order valence-corrected chi connectivity index (χ2v) is 7.82. The van der Waals surface area contributed by atoms with Gasteiger partial charge in [0, 0.05) is 25.3 Å². The summed E-state index contributed by atoms with van der Waals surface area (Å²) >= 11 is 0. The molecule has 27 heavy (non-hydrogen) atoms. The van der Waals surface area contributed by atoms with Crippen molar-refractivity contribution >= 4 is 11.7 Å². The summed E-state index contributed by atoms with van der Waals surface area (Å²) < 4.78 is 46.9. The normalized spacial score (nSPS) is 31.0. The molecule has 2 saturated heterocycles. The Morgan fingerprint density at radius 1 is 1.37 bits per heavy atom. The first-order valence-corrected chi connectivity index (χ1v) is 9.66. The van der Waals surface area contributed by atoms with Gasteiger partial charge in [-0.15, -0.1) is 0 Å². The average molecular weight is 386 g/mol. The summed E-state index contributed by atoms with van der Waals surface area (Å²) in [5, 5.41) is 7.37. The Hall–Kier alpha value is -1.77. The van der Waals surface area contributed by atoms with Gasteiger partial charge in [0.2, 0.25) is 5.91 Å². The highest BCUT2D eigenvalue weighted by Crippen LogP contribution is 2.41. The second-order valence-electron chi connectivity index (χ2n) is 7.82. The first kappa shape index (κ1) is 18.6. The van der Waals surface area contributed by atoms with Gasteiger partial charge in [0.25, 0.3) is 0 Å². The SMILES string of the molecule is C[C@@H]1C[C@H](C(F)(F)F)n2nc(C3CCCN3C(=O)CC3CCCO3)cc2N1. The number of aromatic nitrogens is 2. The minimum Gasteiger partial charge on any atom is -0.378 e. The summed E-state index contributed by atoms with van der Waals surface area (Å²) in [5.41, 5.74) is 0.541. The van der Waals surface area contributed by atoms with Crippen LogP contribution >= 0.6 is 0 Å². The number of alkyl halides is 3. The van der Waals surface area contributed by atoms with Gasteiger partial charge in [-0.3, -0.25) is 4.79 Å². The zero-order valence-electron chi connectivity index (χ0n) is 15.3. The lowest BCUT2D eigenvalue weighted by Gasteiger charge is -2.31. The number of hydrogen-bond donors (Lipinski definition) is 1. The van der Waals surface area contributed by atoms with Crippen LogP contribution in [0.15, 0.2) is 6.07 Å². The van der Waals surface area contributed by atoms with Gasteiger partial charge in [0.15, 0.2) is 6.04 Å². The lowest BCUT2D eigenvalue weighted by Crippen LogP contribution is -2.38. The molecule has 1 aromatic heterocycles. The predicted molar refractivity (Wildman–Crippen MR) is 92.3 cm³/mol. The average Bonchev–Trinajstić information content (AvgIpc) is 3.32. The number of fused-ring (bicyclic) bond motifs is 1. The molecule has 2 fully saturated rings. The molecule has 1 amide bonds. The summed E-state index contributed by atoms with van der Waals surface area (Å²) in [6.07, 6.45) is -0.688. The monoisotopic (exact) mass is 386 g/mol. The molecule has 0 aliphatic carbocycles. The number of carbonyl (C=O) groups is 1. The van der Waals surface area contributed by atoms with Crippen LogP contribution in [0.2, 0.25) is 0 Å². The van der Waals surface area contributed by atoms with Crippen molar-refractivity contribution < 1.29 is 22.7 Å². The first-order valence-electron chi connectivity index (χ1n) is 9.66. The van der Waals surface area contributed by atoms with Crippen LogP contribution in [0.1, 0.15) is 63.2 Å². The van der Waals surface area contributed by atoms with E-state index in [1.165, 1.54) is 0 Å². The number of carbonyl (C=O) groups excluding carboxylic acids is 1. The predicted octanol–water partition coefficient (Wildman–Crippen LogP) is 3.42. The molecule has 0 aromatic carbocycles. The van der Waals surface area contributed by atoms with Crippen molar-refractivity contribution in [1.29, 1.82) is 0 Å². The van der Waals surface area contributed by atoms with Crippen LogP contribution in [0.4, 0.5) is 19.0 Å². The van der Waals surface area contributed by atoms with E-state index in [1.807, 2.05) is 0 Å². The van der Waals surface area contributed by atoms with Gasteiger partial charge in [-0.25, -0.2) is 4.68 Å². The number of halogens is 3. The van der Waals surface area contributed by atoms with E-state index < -0.39 is 12.2 Å². The van der Waals surface area contributed by atoms with Crippen LogP contribution in [0, 0.1) is 0 Å². The van der Waals surface area contributed by atoms with Crippen LogP contribution in [0.3, 0.4) is 0 Å². The fraction of sp³-hybridized carbons (Fsp3) is 0.778. The molecule has 0 radical (unpaired) electrons. The van der Waals surface area contributed by atoms with Crippen LogP contribution in [-0.2, 0) is 9.53 Å². The number of hydrogen-bond acceptors (Lipinski definition) is 4. The smallest absolute Gasteiger partial charge is 0.378 e. The minimum atomic E-state index is -4.35. The molecule has 6 nitrogen and oxygen atoms in total. The highest BCUT2D eigenvalue weighted by Gasteiger charge is 2.46. The van der Waals surface area contributed by atoms with Gasteiger partial charge in [-0.05, 0) is 39.0 Å². The number of ether oxygens (including phenoxy) is 1. The summed E-state index contributed by atoms with van der Waals surface area (Å²) in [4.78, 5) is 14.5. The maximum absolute atomic E-state index is 13.4. The van der Waals surface area contributed by atoms with Crippen LogP contribution in [0.5, 0.6) is 0 Å². The zero-order valence-corrected chi connectivity index (χ0v) is 15.3. The van der Waals surface area contributed by atoms with Gasteiger partial charge in [-0.2, -0.15) is 18.3 Å². The molecule has 2 unspecified atom stereocenters. The number of amides is 1. The van der Waals surface area contributed by atoms with Crippen LogP contribution in [-0.4, -0.2) is 52.1 Å². The van der Waals surface area contributed by atoms with Crippen molar-refractivity contribution in [2.45, 2.75) is 75.9 Å². The molecular formula is C18H25F3N4O2. The molecular weight excluding hydrogens is 361 g/mol. The molecule has 3 aliphatic rings. The van der Waals surface area contributed by atoms with E-state index in [1.54, 1.807) is 17.9 Å². The Morgan fingerprint density at radius 2 is 2.19 bits per heavy atom. The van der Waals surface area contributed by atoms with Gasteiger partial charge >= 0.3 is 6.18 Å². The molecule has 1 aromatic rings. The van der Waals surface area contributed by atoms with Crippen molar-refractivity contribution in [2.24, 2.45) is 0 Å². The minimum absolute atomic E-state index is 0.00377. The molecule has 4 rings (SSSR count). The van der Waals surface area contributed by atoms with Crippen LogP contribution < -0.4 is 5.32 Å². The Morgan fingerprint density at radius 3 is 2.89 bits per heavy atom. The lowest BCUT2D eigenvalue weighted by atomic mass is 10.1. The highest BCUT2D eigenvalue weighted by molar-refractivity contribution is 5.77. The first-order chi connectivity index (χ1) is 12.8. The van der Waals surface area contributed by atoms with Gasteiger partial charge in [0.05, 0.1) is 24.3 Å². The van der Waals surface area contributed by atoms with E-state index in [0.29, 0.717) is 31.1 Å². The third kappa shape index (κ3) is 3.66. The van der Waals surface area contributed by atoms with E-state index in [0.717, 1.165) is 30.4 Å². The third-order valence-corrected chi connectivity index (χ3v) is 5.74. The zero-order chi connectivity index (χ0) is 19.2. The molecule has 9 heteroatoms. The second kappa shape index (κ2) is 7.00. The number of likely N-dealkylation sites (tertiary alicyclic amines) is 1. The Kier molecular flexibility index (Phi) is 4.82. The van der Waals surface area contributed by atoms with E-state index >= 15 is 0 Å². The molecule has 1 N–H and O–H groups in total. The van der Waals surface area contributed by atoms with Gasteiger partial charge in [0.1, 0.15) is 5.82 Å². The van der Waals surface area contributed by atoms with E-state index in [9.17, 15) is 18.0 Å². The van der Waals surface area contributed by atoms with Crippen molar-refractivity contribution in [3.8, 4) is 0 Å².